The molecule has 128 valence electrons. The summed E-state index contributed by atoms with van der Waals surface area (Å²) < 4.78 is 0.848. The number of aliphatic imine (C=N–C) groups is 1. The Morgan fingerprint density at radius 1 is 1.40 bits per heavy atom. The van der Waals surface area contributed by atoms with Crippen molar-refractivity contribution in [1.82, 2.24) is 0 Å². The quantitative estimate of drug-likeness (QED) is 0.562. The number of allylic oxidation sites excluding steroid dienone is 1. The lowest BCUT2D eigenvalue weighted by Gasteiger charge is -2.40. The van der Waals surface area contributed by atoms with Crippen molar-refractivity contribution in [2.75, 3.05) is 11.9 Å². The van der Waals surface area contributed by atoms with Crippen molar-refractivity contribution in [3.63, 3.8) is 0 Å². The van der Waals surface area contributed by atoms with Crippen LogP contribution in [0.4, 0.5) is 11.4 Å². The van der Waals surface area contributed by atoms with Crippen molar-refractivity contribution >= 4 is 50.9 Å². The first-order valence-corrected chi connectivity index (χ1v) is 10.3. The van der Waals surface area contributed by atoms with Crippen LogP contribution in [-0.4, -0.2) is 39.7 Å². The molecule has 0 saturated carbocycles. The van der Waals surface area contributed by atoms with Gasteiger partial charge in [-0.15, -0.1) is 11.8 Å². The van der Waals surface area contributed by atoms with Crippen molar-refractivity contribution in [3.8, 4) is 5.75 Å². The summed E-state index contributed by atoms with van der Waals surface area (Å²) in [6.45, 7) is 0.871. The number of phenols is 1. The summed E-state index contributed by atoms with van der Waals surface area (Å²) >= 11 is 5.40. The second-order valence-electron chi connectivity index (χ2n) is 7.36. The topological polar surface area (TPSA) is 77.2 Å². The third kappa shape index (κ3) is 1.70. The van der Waals surface area contributed by atoms with Gasteiger partial charge in [-0.3, -0.25) is 9.98 Å². The molecule has 3 N–H and O–H groups in total. The predicted molar refractivity (Wildman–Crippen MR) is 103 cm³/mol. The van der Waals surface area contributed by atoms with E-state index in [1.54, 1.807) is 0 Å². The lowest BCUT2D eigenvalue weighted by atomic mass is 9.68. The monoisotopic (exact) mass is 417 g/mol. The third-order valence-corrected chi connectivity index (χ3v) is 8.37. The summed E-state index contributed by atoms with van der Waals surface area (Å²) in [4.78, 5) is 9.35. The summed E-state index contributed by atoms with van der Waals surface area (Å²) in [5.74, 6) is 0.213. The lowest BCUT2D eigenvalue weighted by molar-refractivity contribution is 0.189. The molecule has 0 radical (unpaired) electrons. The van der Waals surface area contributed by atoms with Crippen LogP contribution in [0.15, 0.2) is 20.5 Å². The molecule has 1 aromatic rings. The Bertz CT molecular complexity index is 1030. The van der Waals surface area contributed by atoms with E-state index >= 15 is 0 Å². The van der Waals surface area contributed by atoms with Crippen molar-refractivity contribution in [2.45, 2.75) is 41.4 Å². The molecule has 7 heteroatoms. The third-order valence-electron chi connectivity index (χ3n) is 6.09. The Hall–Kier alpha value is -1.31. The number of thioether (sulfide) groups is 1. The molecule has 4 heterocycles. The lowest BCUT2D eigenvalue weighted by Crippen LogP contribution is -2.45. The highest BCUT2D eigenvalue weighted by atomic mass is 79.9. The van der Waals surface area contributed by atoms with Crippen LogP contribution in [0.5, 0.6) is 5.75 Å². The highest BCUT2D eigenvalue weighted by Gasteiger charge is 2.55. The highest BCUT2D eigenvalue weighted by molar-refractivity contribution is 9.11. The number of halogens is 1. The molecule has 4 aliphatic heterocycles. The van der Waals surface area contributed by atoms with E-state index in [0.717, 1.165) is 40.3 Å². The Balaban J connectivity index is 1.78. The van der Waals surface area contributed by atoms with Crippen molar-refractivity contribution in [3.05, 3.63) is 26.7 Å². The number of nitrogens with one attached hydrogen (secondary N) is 1. The minimum absolute atomic E-state index is 0.118. The van der Waals surface area contributed by atoms with Gasteiger partial charge in [-0.05, 0) is 24.8 Å². The van der Waals surface area contributed by atoms with Gasteiger partial charge < -0.3 is 15.5 Å². The summed E-state index contributed by atoms with van der Waals surface area (Å²) in [5.41, 5.74) is 3.84. The summed E-state index contributed by atoms with van der Waals surface area (Å²) in [6, 6.07) is 0. The minimum atomic E-state index is -0.455. The van der Waals surface area contributed by atoms with Gasteiger partial charge in [-0.1, -0.05) is 22.0 Å². The van der Waals surface area contributed by atoms with E-state index in [1.807, 2.05) is 18.0 Å². The zero-order chi connectivity index (χ0) is 16.9. The number of hydrogen-bond donors (Lipinski definition) is 3. The molecule has 25 heavy (non-hydrogen) atoms. The van der Waals surface area contributed by atoms with E-state index in [2.05, 4.69) is 32.3 Å². The molecule has 1 fully saturated rings. The standard InChI is InChI=1S/C18H16BrN3O2S/c19-8-4-18-5-11(25-10(18)3-9(8)23)22-16-13(18)14-12-7(1-2-20-14)6-21-15(12)17(16)24/h4,6,9-11,20,23-24H,1-3,5H2/t9-,10+,11-,18-/m0/s1. The minimum Gasteiger partial charge on any atom is -0.504 e. The van der Waals surface area contributed by atoms with Gasteiger partial charge in [0.05, 0.1) is 17.2 Å². The van der Waals surface area contributed by atoms with Crippen LogP contribution in [0.25, 0.3) is 5.57 Å². The molecule has 2 bridgehead atoms. The molecule has 5 aliphatic rings. The van der Waals surface area contributed by atoms with Crippen LogP contribution in [0, 0.1) is 0 Å². The van der Waals surface area contributed by atoms with E-state index in [0.29, 0.717) is 17.5 Å². The molecule has 0 unspecified atom stereocenters. The maximum Gasteiger partial charge on any atom is 0.167 e. The van der Waals surface area contributed by atoms with Crippen LogP contribution in [0.3, 0.4) is 0 Å². The fraction of sp³-hybridized carbons (Fsp3) is 0.444. The summed E-state index contributed by atoms with van der Waals surface area (Å²) in [7, 11) is 0. The molecular weight excluding hydrogens is 402 g/mol. The predicted octanol–water partition coefficient (Wildman–Crippen LogP) is 1.82. The van der Waals surface area contributed by atoms with Crippen LogP contribution in [0.2, 0.25) is 0 Å². The maximum atomic E-state index is 10.9. The summed E-state index contributed by atoms with van der Waals surface area (Å²) in [5, 5.41) is 27.0. The smallest absolute Gasteiger partial charge is 0.167 e. The normalized spacial score (nSPS) is 36.2. The summed E-state index contributed by atoms with van der Waals surface area (Å²) in [6.07, 6.45) is 6.16. The van der Waals surface area contributed by atoms with E-state index in [4.69, 9.17) is 4.99 Å². The van der Waals surface area contributed by atoms with Crippen molar-refractivity contribution < 1.29 is 10.2 Å². The van der Waals surface area contributed by atoms with E-state index in [1.165, 1.54) is 5.57 Å². The van der Waals surface area contributed by atoms with Gasteiger partial charge >= 0.3 is 0 Å². The molecule has 6 rings (SSSR count). The van der Waals surface area contributed by atoms with Gasteiger partial charge in [0, 0.05) is 38.7 Å². The average Bonchev–Trinajstić information content (AvgIpc) is 3.13. The van der Waals surface area contributed by atoms with Gasteiger partial charge in [0.2, 0.25) is 0 Å². The molecule has 0 aromatic heterocycles. The van der Waals surface area contributed by atoms with E-state index < -0.39 is 6.10 Å². The first kappa shape index (κ1) is 14.8. The van der Waals surface area contributed by atoms with Gasteiger partial charge in [-0.2, -0.15) is 0 Å². The largest absolute Gasteiger partial charge is 0.504 e. The number of nitrogens with zero attached hydrogens (tertiary/aromatic N) is 2. The van der Waals surface area contributed by atoms with Gasteiger partial charge in [-0.25, -0.2) is 0 Å². The zero-order valence-corrected chi connectivity index (χ0v) is 15.7. The number of aromatic hydroxyl groups is 1. The molecular formula is C18H16BrN3O2S. The van der Waals surface area contributed by atoms with Crippen LogP contribution in [0.1, 0.15) is 24.8 Å². The first-order valence-electron chi connectivity index (χ1n) is 8.58. The van der Waals surface area contributed by atoms with E-state index in [-0.39, 0.29) is 21.8 Å². The molecule has 1 saturated heterocycles. The second kappa shape index (κ2) is 4.69. The number of anilines is 1. The fourth-order valence-electron chi connectivity index (χ4n) is 5.03. The number of phenolic OH excluding ortho intramolecular Hbond substituents is 1. The van der Waals surface area contributed by atoms with Crippen LogP contribution in [-0.2, 0) is 5.41 Å². The van der Waals surface area contributed by atoms with Crippen molar-refractivity contribution in [1.29, 1.82) is 0 Å². The number of benzene rings is 1. The number of aliphatic hydroxyl groups is 1. The van der Waals surface area contributed by atoms with Crippen molar-refractivity contribution in [2.24, 2.45) is 9.98 Å². The van der Waals surface area contributed by atoms with Gasteiger partial charge in [0.25, 0.3) is 0 Å². The Kier molecular flexibility index (Phi) is 2.78. The molecule has 1 aromatic carbocycles. The fourth-order valence-corrected chi connectivity index (χ4v) is 7.36. The number of aliphatic hydroxyl groups excluding tert-OH is 1. The highest BCUT2D eigenvalue weighted by Crippen LogP contribution is 2.58. The zero-order valence-electron chi connectivity index (χ0n) is 13.3. The van der Waals surface area contributed by atoms with Gasteiger partial charge in [0.15, 0.2) is 5.75 Å². The van der Waals surface area contributed by atoms with E-state index in [9.17, 15) is 10.2 Å². The molecule has 5 nitrogen and oxygen atoms in total. The van der Waals surface area contributed by atoms with Gasteiger partial charge in [0.1, 0.15) is 11.0 Å². The Labute approximate surface area is 156 Å². The molecule has 0 amide bonds. The number of rotatable bonds is 0. The van der Waals surface area contributed by atoms with Crippen LogP contribution >= 0.6 is 27.7 Å². The first-order chi connectivity index (χ1) is 12.1. The van der Waals surface area contributed by atoms with Crippen LogP contribution < -0.4 is 15.9 Å². The molecule has 4 atom stereocenters. The Morgan fingerprint density at radius 2 is 2.28 bits per heavy atom. The number of fused-ring (bicyclic) bond motifs is 3. The molecule has 1 spiro atoms. The number of hydrogen-bond acceptors (Lipinski definition) is 6. The maximum absolute atomic E-state index is 10.9. The average molecular weight is 418 g/mol. The SMILES string of the molecule is Oc1c2c3c(c4c1=N[C@@H]1C[C@]45C=C(Br)[C@@H](O)C[C@H]5S1)NCCC=3C=N2. The molecule has 1 aliphatic carbocycles. The second-order valence-corrected chi connectivity index (χ2v) is 9.67. The Morgan fingerprint density at radius 3 is 3.16 bits per heavy atom.